The zero-order valence-electron chi connectivity index (χ0n) is 8.11. The van der Waals surface area contributed by atoms with Gasteiger partial charge in [0.2, 0.25) is 0 Å². The van der Waals surface area contributed by atoms with E-state index in [-0.39, 0.29) is 0 Å². The number of alkyl halides is 3. The second-order valence-electron chi connectivity index (χ2n) is 3.38. The molecule has 15 heavy (non-hydrogen) atoms. The lowest BCUT2D eigenvalue weighted by molar-refractivity contribution is -0.136. The number of halogens is 4. The standard InChI is InChI=1S/C10H11BrF3N/c1-7(6-10(12,13)14)15-9-4-2-3-8(11)5-9/h2-5,7,15H,6H2,1H3. The lowest BCUT2D eigenvalue weighted by atomic mass is 10.2. The summed E-state index contributed by atoms with van der Waals surface area (Å²) in [6.07, 6.45) is -4.96. The van der Waals surface area contributed by atoms with Crippen LogP contribution < -0.4 is 5.32 Å². The molecular weight excluding hydrogens is 271 g/mol. The van der Waals surface area contributed by atoms with Crippen LogP contribution in [0.15, 0.2) is 28.7 Å². The molecule has 5 heteroatoms. The monoisotopic (exact) mass is 281 g/mol. The van der Waals surface area contributed by atoms with Gasteiger partial charge in [0.25, 0.3) is 0 Å². The molecule has 1 N–H and O–H groups in total. The van der Waals surface area contributed by atoms with Crippen molar-refractivity contribution >= 4 is 21.6 Å². The minimum atomic E-state index is -4.13. The van der Waals surface area contributed by atoms with Gasteiger partial charge in [-0.2, -0.15) is 13.2 Å². The quantitative estimate of drug-likeness (QED) is 0.876. The van der Waals surface area contributed by atoms with Gasteiger partial charge in [-0.3, -0.25) is 0 Å². The Balaban J connectivity index is 2.55. The predicted octanol–water partition coefficient (Wildman–Crippen LogP) is 4.20. The third kappa shape index (κ3) is 5.06. The number of benzene rings is 1. The average molecular weight is 282 g/mol. The van der Waals surface area contributed by atoms with Gasteiger partial charge in [0.15, 0.2) is 0 Å². The fourth-order valence-electron chi connectivity index (χ4n) is 1.26. The molecule has 1 aromatic rings. The summed E-state index contributed by atoms with van der Waals surface area (Å²) in [5.74, 6) is 0. The van der Waals surface area contributed by atoms with Crippen molar-refractivity contribution in [2.24, 2.45) is 0 Å². The summed E-state index contributed by atoms with van der Waals surface area (Å²) in [6, 6.07) is 6.44. The van der Waals surface area contributed by atoms with Crippen LogP contribution in [0.5, 0.6) is 0 Å². The highest BCUT2D eigenvalue weighted by atomic mass is 79.9. The van der Waals surface area contributed by atoms with Crippen molar-refractivity contribution in [3.05, 3.63) is 28.7 Å². The van der Waals surface area contributed by atoms with Gasteiger partial charge in [-0.05, 0) is 25.1 Å². The molecule has 0 amide bonds. The van der Waals surface area contributed by atoms with E-state index in [1.54, 1.807) is 18.2 Å². The van der Waals surface area contributed by atoms with Crippen molar-refractivity contribution in [3.8, 4) is 0 Å². The Hall–Kier alpha value is -0.710. The maximum atomic E-state index is 12.0. The lowest BCUT2D eigenvalue weighted by Gasteiger charge is -2.17. The molecule has 0 heterocycles. The molecule has 1 unspecified atom stereocenters. The lowest BCUT2D eigenvalue weighted by Crippen LogP contribution is -2.23. The largest absolute Gasteiger partial charge is 0.391 e. The molecule has 1 atom stereocenters. The highest BCUT2D eigenvalue weighted by molar-refractivity contribution is 9.10. The van der Waals surface area contributed by atoms with Crippen LogP contribution in [-0.2, 0) is 0 Å². The summed E-state index contributed by atoms with van der Waals surface area (Å²) < 4.78 is 37.0. The van der Waals surface area contributed by atoms with Gasteiger partial charge in [0.05, 0.1) is 6.42 Å². The SMILES string of the molecule is CC(CC(F)(F)F)Nc1cccc(Br)c1. The zero-order valence-corrected chi connectivity index (χ0v) is 9.69. The van der Waals surface area contributed by atoms with Crippen LogP contribution in [0.25, 0.3) is 0 Å². The van der Waals surface area contributed by atoms with Gasteiger partial charge >= 0.3 is 6.18 Å². The molecule has 0 aromatic heterocycles. The molecule has 0 radical (unpaired) electrons. The molecule has 0 saturated carbocycles. The van der Waals surface area contributed by atoms with Crippen LogP contribution in [-0.4, -0.2) is 12.2 Å². The van der Waals surface area contributed by atoms with Crippen molar-refractivity contribution < 1.29 is 13.2 Å². The fraction of sp³-hybridized carbons (Fsp3) is 0.400. The third-order valence-electron chi connectivity index (χ3n) is 1.78. The summed E-state index contributed by atoms with van der Waals surface area (Å²) in [7, 11) is 0. The Labute approximate surface area is 94.8 Å². The number of rotatable bonds is 3. The second kappa shape index (κ2) is 4.88. The second-order valence-corrected chi connectivity index (χ2v) is 4.29. The molecule has 0 bridgehead atoms. The first kappa shape index (κ1) is 12.4. The molecular formula is C10H11BrF3N. The zero-order chi connectivity index (χ0) is 11.5. The Morgan fingerprint density at radius 2 is 2.07 bits per heavy atom. The van der Waals surface area contributed by atoms with Crippen LogP contribution in [0.4, 0.5) is 18.9 Å². The van der Waals surface area contributed by atoms with E-state index in [9.17, 15) is 13.2 Å². The van der Waals surface area contributed by atoms with E-state index in [1.807, 2.05) is 6.07 Å². The topological polar surface area (TPSA) is 12.0 Å². The van der Waals surface area contributed by atoms with Gasteiger partial charge in [-0.25, -0.2) is 0 Å². The average Bonchev–Trinajstić information content (AvgIpc) is 1.99. The number of anilines is 1. The van der Waals surface area contributed by atoms with Crippen LogP contribution in [0.2, 0.25) is 0 Å². The maximum Gasteiger partial charge on any atom is 0.391 e. The van der Waals surface area contributed by atoms with E-state index in [4.69, 9.17) is 0 Å². The van der Waals surface area contributed by atoms with Crippen molar-refractivity contribution in [1.29, 1.82) is 0 Å². The summed E-state index contributed by atoms with van der Waals surface area (Å²) >= 11 is 3.25. The predicted molar refractivity (Wildman–Crippen MR) is 57.9 cm³/mol. The maximum absolute atomic E-state index is 12.0. The minimum absolute atomic E-state index is 0.626. The highest BCUT2D eigenvalue weighted by Crippen LogP contribution is 2.24. The van der Waals surface area contributed by atoms with Crippen LogP contribution in [0, 0.1) is 0 Å². The van der Waals surface area contributed by atoms with E-state index >= 15 is 0 Å². The Morgan fingerprint density at radius 1 is 1.40 bits per heavy atom. The summed E-state index contributed by atoms with van der Waals surface area (Å²) in [5.41, 5.74) is 0.682. The van der Waals surface area contributed by atoms with Crippen molar-refractivity contribution in [2.45, 2.75) is 25.6 Å². The fourth-order valence-corrected chi connectivity index (χ4v) is 1.66. The summed E-state index contributed by atoms with van der Waals surface area (Å²) in [4.78, 5) is 0. The Morgan fingerprint density at radius 3 is 2.60 bits per heavy atom. The molecule has 0 aliphatic heterocycles. The van der Waals surface area contributed by atoms with Crippen molar-refractivity contribution in [2.75, 3.05) is 5.32 Å². The van der Waals surface area contributed by atoms with Crippen LogP contribution >= 0.6 is 15.9 Å². The van der Waals surface area contributed by atoms with E-state index in [0.717, 1.165) is 4.47 Å². The van der Waals surface area contributed by atoms with E-state index < -0.39 is 18.6 Å². The van der Waals surface area contributed by atoms with Crippen LogP contribution in [0.1, 0.15) is 13.3 Å². The molecule has 0 fully saturated rings. The van der Waals surface area contributed by atoms with E-state index in [2.05, 4.69) is 21.2 Å². The highest BCUT2D eigenvalue weighted by Gasteiger charge is 2.29. The number of hydrogen-bond donors (Lipinski definition) is 1. The molecule has 0 aliphatic rings. The van der Waals surface area contributed by atoms with Gasteiger partial charge in [-0.15, -0.1) is 0 Å². The molecule has 0 aliphatic carbocycles. The van der Waals surface area contributed by atoms with Crippen molar-refractivity contribution in [1.82, 2.24) is 0 Å². The van der Waals surface area contributed by atoms with Gasteiger partial charge in [-0.1, -0.05) is 22.0 Å². The number of hydrogen-bond acceptors (Lipinski definition) is 1. The first-order valence-corrected chi connectivity index (χ1v) is 5.25. The molecule has 1 rings (SSSR count). The molecule has 1 aromatic carbocycles. The van der Waals surface area contributed by atoms with Gasteiger partial charge < -0.3 is 5.32 Å². The van der Waals surface area contributed by atoms with E-state index in [0.29, 0.717) is 5.69 Å². The third-order valence-corrected chi connectivity index (χ3v) is 2.27. The molecule has 0 saturated heterocycles. The van der Waals surface area contributed by atoms with Gasteiger partial charge in [0.1, 0.15) is 0 Å². The molecule has 84 valence electrons. The smallest absolute Gasteiger partial charge is 0.382 e. The minimum Gasteiger partial charge on any atom is -0.382 e. The Bertz CT molecular complexity index is 325. The first-order chi connectivity index (χ1) is 6.87. The molecule has 1 nitrogen and oxygen atoms in total. The first-order valence-electron chi connectivity index (χ1n) is 4.46. The van der Waals surface area contributed by atoms with Crippen LogP contribution in [0.3, 0.4) is 0 Å². The van der Waals surface area contributed by atoms with Gasteiger partial charge in [0, 0.05) is 16.2 Å². The molecule has 0 spiro atoms. The van der Waals surface area contributed by atoms with Crippen molar-refractivity contribution in [3.63, 3.8) is 0 Å². The Kier molecular flexibility index (Phi) is 4.02. The summed E-state index contributed by atoms with van der Waals surface area (Å²) in [6.45, 7) is 1.51. The summed E-state index contributed by atoms with van der Waals surface area (Å²) in [5, 5.41) is 2.79. The van der Waals surface area contributed by atoms with E-state index in [1.165, 1.54) is 6.92 Å². The normalized spacial score (nSPS) is 13.7. The number of nitrogens with one attached hydrogen (secondary N) is 1.